The first-order valence-electron chi connectivity index (χ1n) is 15.6. The molecule has 1 aliphatic heterocycles. The fraction of sp³-hybridized carbons (Fsp3) is 0.0952. The monoisotopic (exact) mass is 567 g/mol. The largest absolute Gasteiger partial charge is 0.505 e. The molecule has 0 spiro atoms. The summed E-state index contributed by atoms with van der Waals surface area (Å²) in [7, 11) is 4.84. The van der Waals surface area contributed by atoms with Gasteiger partial charge in [0.05, 0.1) is 6.54 Å². The van der Waals surface area contributed by atoms with Crippen LogP contribution in [0.1, 0.15) is 12.5 Å². The van der Waals surface area contributed by atoms with Crippen molar-refractivity contribution in [1.29, 1.82) is 0 Å². The maximum absolute atomic E-state index is 2.42. The number of quaternary nitrogens is 1. The van der Waals surface area contributed by atoms with Crippen LogP contribution in [0, 0.1) is 0 Å². The highest BCUT2D eigenvalue weighted by Crippen LogP contribution is 2.42. The van der Waals surface area contributed by atoms with Gasteiger partial charge in [0.15, 0.2) is 0 Å². The second-order valence-corrected chi connectivity index (χ2v) is 12.9. The Morgan fingerprint density at radius 2 is 0.682 bits per heavy atom. The summed E-state index contributed by atoms with van der Waals surface area (Å²) < 4.78 is 0.872. The lowest BCUT2D eigenvalue weighted by molar-refractivity contribution is -0.777. The second kappa shape index (κ2) is 11.3. The molecule has 0 radical (unpaired) electrons. The molecule has 1 aliphatic rings. The van der Waals surface area contributed by atoms with Gasteiger partial charge in [0.25, 0.3) is 6.28 Å². The highest BCUT2D eigenvalue weighted by molar-refractivity contribution is 7.10. The van der Waals surface area contributed by atoms with Crippen molar-refractivity contribution >= 4 is 22.7 Å². The van der Waals surface area contributed by atoms with E-state index in [1.165, 1.54) is 60.9 Å². The third kappa shape index (κ3) is 4.73. The number of hydrogen-bond acceptors (Lipinski definition) is 0. The molecule has 6 aromatic rings. The standard InChI is InChI=1S/C42H38BN/c1-32-31-44(2,3)43(40-27-23-37(24-28-40)34-15-9-5-10-16-34,41-29-25-38(26-30-41)35-17-11-6-12-18-35)42(32)39-21-19-36(20-22-39)33-13-7-4-8-14-33/h4-30H,31H2,1-3H3. The van der Waals surface area contributed by atoms with E-state index in [-0.39, 0.29) is 0 Å². The van der Waals surface area contributed by atoms with Gasteiger partial charge >= 0.3 is 0 Å². The van der Waals surface area contributed by atoms with E-state index in [0.717, 1.165) is 10.9 Å². The first-order valence-corrected chi connectivity index (χ1v) is 15.6. The smallest absolute Gasteiger partial charge is 0.291 e. The maximum Gasteiger partial charge on any atom is 0.291 e. The molecule has 214 valence electrons. The molecular formula is C42H38BN. The molecule has 1 heterocycles. The number of benzene rings is 6. The number of rotatable bonds is 6. The normalized spacial score (nSPS) is 15.3. The van der Waals surface area contributed by atoms with Crippen LogP contribution in [0.2, 0.25) is 0 Å². The molecule has 0 N–H and O–H groups in total. The fourth-order valence-electron chi connectivity index (χ4n) is 8.00. The van der Waals surface area contributed by atoms with Crippen LogP contribution < -0.4 is 10.9 Å². The maximum atomic E-state index is 2.42. The summed E-state index contributed by atoms with van der Waals surface area (Å²) in [4.78, 5) is 0. The Balaban J connectivity index is 1.41. The van der Waals surface area contributed by atoms with Crippen molar-refractivity contribution in [2.24, 2.45) is 0 Å². The van der Waals surface area contributed by atoms with Gasteiger partial charge in [-0.15, -0.1) is 16.4 Å². The van der Waals surface area contributed by atoms with Gasteiger partial charge in [0.1, 0.15) is 0 Å². The first kappa shape index (κ1) is 27.9. The van der Waals surface area contributed by atoms with Gasteiger partial charge in [-0.25, -0.2) is 0 Å². The number of hydrogen-bond donors (Lipinski definition) is 0. The van der Waals surface area contributed by atoms with E-state index in [2.05, 4.69) is 185 Å². The molecule has 0 fully saturated rings. The van der Waals surface area contributed by atoms with Crippen LogP contribution in [0.15, 0.2) is 169 Å². The SMILES string of the molecule is CC1=C(c2ccc(-c3ccccc3)cc2)[B-](c2ccc(-c3ccccc3)cc2)(c2ccc(-c3ccccc3)cc2)[N+](C)(C)C1. The minimum absolute atomic E-state index is 0.872. The molecule has 0 aliphatic carbocycles. The highest BCUT2D eigenvalue weighted by atomic mass is 15.3. The Labute approximate surface area is 262 Å². The van der Waals surface area contributed by atoms with Crippen molar-refractivity contribution in [2.45, 2.75) is 6.92 Å². The van der Waals surface area contributed by atoms with Crippen LogP contribution >= 0.6 is 0 Å². The molecular weight excluding hydrogens is 529 g/mol. The number of likely N-dealkylation sites (N-methyl/N-ethyl adjacent to an activating group) is 1. The predicted octanol–water partition coefficient (Wildman–Crippen LogP) is 8.85. The summed E-state index contributed by atoms with van der Waals surface area (Å²) in [5.74, 6) is 0. The van der Waals surface area contributed by atoms with Crippen molar-refractivity contribution in [1.82, 2.24) is 0 Å². The van der Waals surface area contributed by atoms with E-state index in [9.17, 15) is 0 Å². The van der Waals surface area contributed by atoms with Crippen LogP contribution in [0.5, 0.6) is 0 Å². The van der Waals surface area contributed by atoms with Crippen LogP contribution in [0.25, 0.3) is 38.9 Å². The molecule has 44 heavy (non-hydrogen) atoms. The lowest BCUT2D eigenvalue weighted by atomic mass is 9.21. The van der Waals surface area contributed by atoms with Crippen molar-refractivity contribution in [3.63, 3.8) is 0 Å². The predicted molar refractivity (Wildman–Crippen MR) is 190 cm³/mol. The topological polar surface area (TPSA) is 0 Å². The van der Waals surface area contributed by atoms with Gasteiger partial charge in [0, 0.05) is 14.1 Å². The Bertz CT molecular complexity index is 1820. The molecule has 0 unspecified atom stereocenters. The average Bonchev–Trinajstić information content (AvgIpc) is 3.30. The summed E-state index contributed by atoms with van der Waals surface area (Å²) in [6.07, 6.45) is -1.37. The highest BCUT2D eigenvalue weighted by Gasteiger charge is 2.52. The van der Waals surface area contributed by atoms with E-state index in [4.69, 9.17) is 0 Å². The average molecular weight is 568 g/mol. The van der Waals surface area contributed by atoms with Crippen LogP contribution in [0.3, 0.4) is 0 Å². The van der Waals surface area contributed by atoms with E-state index in [1.54, 1.807) is 0 Å². The lowest BCUT2D eigenvalue weighted by Gasteiger charge is -2.54. The Morgan fingerprint density at radius 3 is 1.05 bits per heavy atom. The molecule has 0 amide bonds. The Morgan fingerprint density at radius 1 is 0.386 bits per heavy atom. The summed E-state index contributed by atoms with van der Waals surface area (Å²) in [5.41, 5.74) is 14.5. The Hall–Kier alpha value is -4.92. The lowest BCUT2D eigenvalue weighted by Crippen LogP contribution is -2.75. The quantitative estimate of drug-likeness (QED) is 0.176. The molecule has 0 bridgehead atoms. The second-order valence-electron chi connectivity index (χ2n) is 12.9. The fourth-order valence-corrected chi connectivity index (χ4v) is 8.00. The molecule has 2 heteroatoms. The molecule has 0 aromatic heterocycles. The van der Waals surface area contributed by atoms with Crippen LogP contribution in [0.4, 0.5) is 0 Å². The van der Waals surface area contributed by atoms with Crippen LogP contribution in [-0.4, -0.2) is 31.3 Å². The van der Waals surface area contributed by atoms with Gasteiger partial charge in [0.2, 0.25) is 0 Å². The van der Waals surface area contributed by atoms with E-state index in [1.807, 2.05) is 0 Å². The van der Waals surface area contributed by atoms with Crippen molar-refractivity contribution in [3.05, 3.63) is 175 Å². The van der Waals surface area contributed by atoms with Gasteiger partial charge in [-0.3, -0.25) is 0 Å². The third-order valence-corrected chi connectivity index (χ3v) is 9.87. The zero-order valence-electron chi connectivity index (χ0n) is 25.8. The molecule has 0 saturated heterocycles. The van der Waals surface area contributed by atoms with E-state index < -0.39 is 6.28 Å². The van der Waals surface area contributed by atoms with Crippen molar-refractivity contribution < 1.29 is 4.39 Å². The molecule has 7 rings (SSSR count). The van der Waals surface area contributed by atoms with Crippen molar-refractivity contribution in [2.75, 3.05) is 20.6 Å². The summed E-state index contributed by atoms with van der Waals surface area (Å²) in [6, 6.07) is 60.2. The minimum Gasteiger partial charge on any atom is -0.505 e. The van der Waals surface area contributed by atoms with Gasteiger partial charge in [-0.05, 0) is 40.3 Å². The van der Waals surface area contributed by atoms with Gasteiger partial charge < -0.3 is 4.39 Å². The molecule has 0 saturated carbocycles. The third-order valence-electron chi connectivity index (χ3n) is 9.87. The van der Waals surface area contributed by atoms with Crippen molar-refractivity contribution in [3.8, 4) is 33.4 Å². The Kier molecular flexibility index (Phi) is 7.16. The first-order chi connectivity index (χ1) is 21.5. The van der Waals surface area contributed by atoms with Gasteiger partial charge in [-0.1, -0.05) is 175 Å². The van der Waals surface area contributed by atoms with Gasteiger partial charge in [-0.2, -0.15) is 0 Å². The van der Waals surface area contributed by atoms with Crippen LogP contribution in [-0.2, 0) is 0 Å². The summed E-state index contributed by atoms with van der Waals surface area (Å²) in [5, 5.41) is 0. The summed E-state index contributed by atoms with van der Waals surface area (Å²) in [6.45, 7) is 3.34. The van der Waals surface area contributed by atoms with E-state index >= 15 is 0 Å². The van der Waals surface area contributed by atoms with E-state index in [0.29, 0.717) is 0 Å². The summed E-state index contributed by atoms with van der Waals surface area (Å²) >= 11 is 0. The molecule has 0 atom stereocenters. The molecule has 6 aromatic carbocycles. The minimum atomic E-state index is -1.37. The zero-order chi connectivity index (χ0) is 30.1. The molecule has 1 nitrogen and oxygen atoms in total. The number of nitrogens with zero attached hydrogens (tertiary/aromatic N) is 1. The zero-order valence-corrected chi connectivity index (χ0v) is 25.8.